The summed E-state index contributed by atoms with van der Waals surface area (Å²) in [6.45, 7) is 3.09. The molecule has 2 atom stereocenters. The first kappa shape index (κ1) is 16.5. The summed E-state index contributed by atoms with van der Waals surface area (Å²) in [4.78, 5) is 0. The molecule has 1 aromatic rings. The molecule has 19 heavy (non-hydrogen) atoms. The van der Waals surface area contributed by atoms with Crippen LogP contribution in [0.1, 0.15) is 6.92 Å². The van der Waals surface area contributed by atoms with Gasteiger partial charge in [0.1, 0.15) is 12.7 Å². The first-order valence-electron chi connectivity index (χ1n) is 6.01. The fourth-order valence-electron chi connectivity index (χ4n) is 1.51. The van der Waals surface area contributed by atoms with Crippen LogP contribution in [0.15, 0.2) is 18.2 Å². The minimum absolute atomic E-state index is 0.121. The lowest BCUT2D eigenvalue weighted by Gasteiger charge is -2.17. The second-order valence-electron chi connectivity index (χ2n) is 4.28. The summed E-state index contributed by atoms with van der Waals surface area (Å²) in [5.74, 6) is 0.398. The minimum atomic E-state index is -0.647. The third-order valence-corrected chi connectivity index (χ3v) is 3.05. The predicted octanol–water partition coefficient (Wildman–Crippen LogP) is 2.36. The van der Waals surface area contributed by atoms with Crippen LogP contribution in [-0.2, 0) is 4.74 Å². The van der Waals surface area contributed by atoms with Crippen LogP contribution in [0.25, 0.3) is 0 Å². The SMILES string of the molecule is COCC(C)NCC(O)COc1c(Cl)cccc1Cl. The largest absolute Gasteiger partial charge is 0.488 e. The molecule has 0 saturated carbocycles. The summed E-state index contributed by atoms with van der Waals surface area (Å²) < 4.78 is 10.4. The molecule has 4 nitrogen and oxygen atoms in total. The second-order valence-corrected chi connectivity index (χ2v) is 5.09. The van der Waals surface area contributed by atoms with Crippen molar-refractivity contribution in [3.63, 3.8) is 0 Å². The van der Waals surface area contributed by atoms with Crippen molar-refractivity contribution in [3.05, 3.63) is 28.2 Å². The van der Waals surface area contributed by atoms with Crippen molar-refractivity contribution in [2.45, 2.75) is 19.1 Å². The average molecular weight is 308 g/mol. The van der Waals surface area contributed by atoms with Gasteiger partial charge in [0.05, 0.1) is 16.7 Å². The summed E-state index contributed by atoms with van der Waals surface area (Å²) in [6, 6.07) is 5.29. The highest BCUT2D eigenvalue weighted by Crippen LogP contribution is 2.32. The van der Waals surface area contributed by atoms with Gasteiger partial charge in [-0.25, -0.2) is 0 Å². The number of aliphatic hydroxyl groups excluding tert-OH is 1. The van der Waals surface area contributed by atoms with E-state index in [0.29, 0.717) is 28.9 Å². The molecular formula is C13H19Cl2NO3. The van der Waals surface area contributed by atoms with Crippen LogP contribution in [0.3, 0.4) is 0 Å². The molecule has 0 aliphatic heterocycles. The van der Waals surface area contributed by atoms with E-state index in [1.54, 1.807) is 25.3 Å². The van der Waals surface area contributed by atoms with E-state index in [0.717, 1.165) is 0 Å². The standard InChI is InChI=1S/C13H19Cl2NO3/c1-9(7-18-2)16-6-10(17)8-19-13-11(14)4-3-5-12(13)15/h3-5,9-10,16-17H,6-8H2,1-2H3. The summed E-state index contributed by atoms with van der Waals surface area (Å²) in [5, 5.41) is 13.8. The van der Waals surface area contributed by atoms with E-state index >= 15 is 0 Å². The highest BCUT2D eigenvalue weighted by Gasteiger charge is 2.11. The van der Waals surface area contributed by atoms with Crippen LogP contribution in [-0.4, -0.2) is 44.1 Å². The summed E-state index contributed by atoms with van der Waals surface area (Å²) in [6.07, 6.45) is -0.647. The number of methoxy groups -OCH3 is 1. The molecule has 0 aliphatic carbocycles. The van der Waals surface area contributed by atoms with Crippen LogP contribution >= 0.6 is 23.2 Å². The molecule has 2 N–H and O–H groups in total. The van der Waals surface area contributed by atoms with E-state index in [9.17, 15) is 5.11 Å². The number of halogens is 2. The molecule has 0 saturated heterocycles. The predicted molar refractivity (Wildman–Crippen MR) is 77.3 cm³/mol. The van der Waals surface area contributed by atoms with E-state index in [2.05, 4.69) is 5.32 Å². The van der Waals surface area contributed by atoms with E-state index in [1.807, 2.05) is 6.92 Å². The molecule has 108 valence electrons. The number of para-hydroxylation sites is 1. The Morgan fingerprint density at radius 3 is 2.47 bits per heavy atom. The van der Waals surface area contributed by atoms with E-state index < -0.39 is 6.10 Å². The smallest absolute Gasteiger partial charge is 0.156 e. The normalized spacial score (nSPS) is 14.2. The van der Waals surface area contributed by atoms with Gasteiger partial charge in [-0.15, -0.1) is 0 Å². The van der Waals surface area contributed by atoms with Crippen molar-refractivity contribution >= 4 is 23.2 Å². The van der Waals surface area contributed by atoms with Gasteiger partial charge in [-0.3, -0.25) is 0 Å². The van der Waals surface area contributed by atoms with Gasteiger partial charge in [-0.05, 0) is 19.1 Å². The first-order chi connectivity index (χ1) is 9.04. The molecule has 0 bridgehead atoms. The fraction of sp³-hybridized carbons (Fsp3) is 0.538. The van der Waals surface area contributed by atoms with Gasteiger partial charge in [0.2, 0.25) is 0 Å². The van der Waals surface area contributed by atoms with Gasteiger partial charge in [0.25, 0.3) is 0 Å². The van der Waals surface area contributed by atoms with Crippen LogP contribution < -0.4 is 10.1 Å². The molecule has 1 aromatic carbocycles. The molecule has 6 heteroatoms. The Labute approximate surface area is 123 Å². The maximum atomic E-state index is 9.79. The first-order valence-corrected chi connectivity index (χ1v) is 6.77. The Morgan fingerprint density at radius 2 is 1.89 bits per heavy atom. The molecule has 0 aliphatic rings. The number of rotatable bonds is 8. The lowest BCUT2D eigenvalue weighted by Crippen LogP contribution is -2.38. The summed E-state index contributed by atoms with van der Waals surface area (Å²) in [7, 11) is 1.64. The van der Waals surface area contributed by atoms with Crippen LogP contribution in [0, 0.1) is 0 Å². The summed E-state index contributed by atoms with van der Waals surface area (Å²) in [5.41, 5.74) is 0. The zero-order valence-corrected chi connectivity index (χ0v) is 12.5. The second kappa shape index (κ2) is 8.61. The number of aliphatic hydroxyl groups is 1. The van der Waals surface area contributed by atoms with Crippen LogP contribution in [0.5, 0.6) is 5.75 Å². The Balaban J connectivity index is 2.36. The van der Waals surface area contributed by atoms with E-state index in [-0.39, 0.29) is 12.6 Å². The molecule has 0 heterocycles. The van der Waals surface area contributed by atoms with E-state index in [1.165, 1.54) is 0 Å². The third-order valence-electron chi connectivity index (χ3n) is 2.46. The molecule has 0 aromatic heterocycles. The number of ether oxygens (including phenoxy) is 2. The zero-order valence-electron chi connectivity index (χ0n) is 11.0. The lowest BCUT2D eigenvalue weighted by atomic mass is 10.3. The van der Waals surface area contributed by atoms with Crippen molar-refractivity contribution < 1.29 is 14.6 Å². The molecule has 0 spiro atoms. The van der Waals surface area contributed by atoms with Crippen molar-refractivity contribution in [1.82, 2.24) is 5.32 Å². The monoisotopic (exact) mass is 307 g/mol. The van der Waals surface area contributed by atoms with Crippen LogP contribution in [0.2, 0.25) is 10.0 Å². The molecular weight excluding hydrogens is 289 g/mol. The Morgan fingerprint density at radius 1 is 1.26 bits per heavy atom. The lowest BCUT2D eigenvalue weighted by molar-refractivity contribution is 0.0974. The highest BCUT2D eigenvalue weighted by atomic mass is 35.5. The molecule has 0 fully saturated rings. The van der Waals surface area contributed by atoms with Gasteiger partial charge >= 0.3 is 0 Å². The maximum Gasteiger partial charge on any atom is 0.156 e. The Kier molecular flexibility index (Phi) is 7.49. The topological polar surface area (TPSA) is 50.7 Å². The van der Waals surface area contributed by atoms with Crippen molar-refractivity contribution in [1.29, 1.82) is 0 Å². The quantitative estimate of drug-likeness (QED) is 0.774. The Hall–Kier alpha value is -0.520. The number of hydrogen-bond acceptors (Lipinski definition) is 4. The highest BCUT2D eigenvalue weighted by molar-refractivity contribution is 6.37. The number of nitrogens with one attached hydrogen (secondary N) is 1. The molecule has 0 amide bonds. The number of benzene rings is 1. The third kappa shape index (κ3) is 5.97. The average Bonchev–Trinajstić information content (AvgIpc) is 2.36. The van der Waals surface area contributed by atoms with Crippen molar-refractivity contribution in [2.24, 2.45) is 0 Å². The maximum absolute atomic E-state index is 9.79. The van der Waals surface area contributed by atoms with Crippen LogP contribution in [0.4, 0.5) is 0 Å². The minimum Gasteiger partial charge on any atom is -0.488 e. The van der Waals surface area contributed by atoms with Crippen molar-refractivity contribution in [3.8, 4) is 5.75 Å². The van der Waals surface area contributed by atoms with Gasteiger partial charge in [0, 0.05) is 19.7 Å². The fourth-order valence-corrected chi connectivity index (χ4v) is 2.01. The Bertz CT molecular complexity index is 370. The zero-order chi connectivity index (χ0) is 14.3. The molecule has 2 unspecified atom stereocenters. The summed E-state index contributed by atoms with van der Waals surface area (Å²) >= 11 is 11.9. The van der Waals surface area contributed by atoms with Gasteiger partial charge < -0.3 is 19.9 Å². The van der Waals surface area contributed by atoms with E-state index in [4.69, 9.17) is 32.7 Å². The molecule has 1 rings (SSSR count). The number of hydrogen-bond donors (Lipinski definition) is 2. The van der Waals surface area contributed by atoms with Gasteiger partial charge in [0.15, 0.2) is 5.75 Å². The molecule has 0 radical (unpaired) electrons. The van der Waals surface area contributed by atoms with Gasteiger partial charge in [-0.1, -0.05) is 29.3 Å². The van der Waals surface area contributed by atoms with Gasteiger partial charge in [-0.2, -0.15) is 0 Å². The van der Waals surface area contributed by atoms with Crippen molar-refractivity contribution in [2.75, 3.05) is 26.9 Å².